The zero-order valence-corrected chi connectivity index (χ0v) is 12.4. The molecule has 0 bridgehead atoms. The minimum atomic E-state index is 0.179. The highest BCUT2D eigenvalue weighted by Crippen LogP contribution is 2.35. The Hall–Kier alpha value is -1.63. The van der Waals surface area contributed by atoms with Gasteiger partial charge in [-0.15, -0.1) is 0 Å². The Morgan fingerprint density at radius 2 is 1.63 bits per heavy atom. The van der Waals surface area contributed by atoms with Crippen molar-refractivity contribution in [1.29, 1.82) is 0 Å². The lowest BCUT2D eigenvalue weighted by molar-refractivity contribution is 0.101. The van der Waals surface area contributed by atoms with Gasteiger partial charge < -0.3 is 0 Å². The molecular formula is C18H22O. The first-order valence-corrected chi connectivity index (χ1v) is 7.00. The fraction of sp³-hybridized carbons (Fsp3) is 0.389. The van der Waals surface area contributed by atoms with E-state index >= 15 is 0 Å². The van der Waals surface area contributed by atoms with Gasteiger partial charge in [0.05, 0.1) is 0 Å². The molecule has 0 aromatic heterocycles. The summed E-state index contributed by atoms with van der Waals surface area (Å²) in [5.41, 5.74) is 3.31. The minimum Gasteiger partial charge on any atom is -0.294 e. The smallest absolute Gasteiger partial charge is 0.160 e. The van der Waals surface area contributed by atoms with Crippen molar-refractivity contribution >= 4 is 16.6 Å². The predicted octanol–water partition coefficient (Wildman–Crippen LogP) is 5.29. The van der Waals surface area contributed by atoms with Crippen LogP contribution in [-0.4, -0.2) is 5.78 Å². The van der Waals surface area contributed by atoms with Gasteiger partial charge in [0.15, 0.2) is 5.78 Å². The molecule has 0 N–H and O–H groups in total. The molecule has 1 nitrogen and oxygen atoms in total. The molecule has 2 aromatic carbocycles. The number of hydrogen-bond acceptors (Lipinski definition) is 1. The van der Waals surface area contributed by atoms with E-state index in [1.54, 1.807) is 6.92 Å². The fourth-order valence-corrected chi connectivity index (χ4v) is 2.85. The molecule has 0 spiro atoms. The molecule has 2 rings (SSSR count). The molecule has 0 saturated heterocycles. The second-order valence-electron chi connectivity index (χ2n) is 5.84. The highest BCUT2D eigenvalue weighted by atomic mass is 16.1. The van der Waals surface area contributed by atoms with Crippen molar-refractivity contribution in [3.63, 3.8) is 0 Å². The summed E-state index contributed by atoms with van der Waals surface area (Å²) in [7, 11) is 0. The van der Waals surface area contributed by atoms with Crippen LogP contribution in [0.15, 0.2) is 30.3 Å². The van der Waals surface area contributed by atoms with Crippen molar-refractivity contribution in [2.45, 2.75) is 46.5 Å². The number of hydrogen-bond donors (Lipinski definition) is 0. The summed E-state index contributed by atoms with van der Waals surface area (Å²) in [4.78, 5) is 12.1. The average Bonchev–Trinajstić information content (AvgIpc) is 2.35. The van der Waals surface area contributed by atoms with Crippen LogP contribution < -0.4 is 0 Å². The first-order valence-electron chi connectivity index (χ1n) is 7.00. The van der Waals surface area contributed by atoms with E-state index < -0.39 is 0 Å². The van der Waals surface area contributed by atoms with Gasteiger partial charge in [-0.2, -0.15) is 0 Å². The first-order chi connectivity index (χ1) is 8.93. The third kappa shape index (κ3) is 2.42. The molecule has 0 fully saturated rings. The van der Waals surface area contributed by atoms with Crippen LogP contribution in [0.5, 0.6) is 0 Å². The van der Waals surface area contributed by atoms with Gasteiger partial charge in [0.2, 0.25) is 0 Å². The SMILES string of the molecule is CC(=O)c1c(C(C)C)cc2ccccc2c1C(C)C. The average molecular weight is 254 g/mol. The molecule has 100 valence electrons. The molecule has 19 heavy (non-hydrogen) atoms. The summed E-state index contributed by atoms with van der Waals surface area (Å²) in [6.45, 7) is 10.3. The van der Waals surface area contributed by atoms with Crippen molar-refractivity contribution < 1.29 is 4.79 Å². The number of carbonyl (C=O) groups is 1. The van der Waals surface area contributed by atoms with Gasteiger partial charge in [0, 0.05) is 5.56 Å². The van der Waals surface area contributed by atoms with E-state index in [2.05, 4.69) is 52.0 Å². The van der Waals surface area contributed by atoms with Gasteiger partial charge in [0.1, 0.15) is 0 Å². The third-order valence-electron chi connectivity index (χ3n) is 3.67. The van der Waals surface area contributed by atoms with Crippen molar-refractivity contribution in [3.05, 3.63) is 47.0 Å². The number of fused-ring (bicyclic) bond motifs is 1. The van der Waals surface area contributed by atoms with Crippen LogP contribution in [0.3, 0.4) is 0 Å². The normalized spacial score (nSPS) is 11.5. The van der Waals surface area contributed by atoms with Gasteiger partial charge in [-0.1, -0.05) is 58.0 Å². The van der Waals surface area contributed by atoms with Gasteiger partial charge >= 0.3 is 0 Å². The van der Waals surface area contributed by atoms with Crippen molar-refractivity contribution in [1.82, 2.24) is 0 Å². The van der Waals surface area contributed by atoms with Crippen LogP contribution in [0.25, 0.3) is 10.8 Å². The summed E-state index contributed by atoms with van der Waals surface area (Å²) < 4.78 is 0. The van der Waals surface area contributed by atoms with E-state index in [-0.39, 0.29) is 5.78 Å². The Morgan fingerprint density at radius 1 is 1.00 bits per heavy atom. The molecule has 0 aliphatic carbocycles. The summed E-state index contributed by atoms with van der Waals surface area (Å²) >= 11 is 0. The molecule has 0 atom stereocenters. The predicted molar refractivity (Wildman–Crippen MR) is 82.1 cm³/mol. The van der Waals surface area contributed by atoms with E-state index in [0.717, 1.165) is 5.56 Å². The molecule has 0 amide bonds. The maximum atomic E-state index is 12.1. The highest BCUT2D eigenvalue weighted by Gasteiger charge is 2.20. The second kappa shape index (κ2) is 5.16. The van der Waals surface area contributed by atoms with E-state index in [4.69, 9.17) is 0 Å². The summed E-state index contributed by atoms with van der Waals surface area (Å²) in [5, 5.41) is 2.45. The van der Waals surface area contributed by atoms with Crippen LogP contribution in [0, 0.1) is 0 Å². The minimum absolute atomic E-state index is 0.179. The molecular weight excluding hydrogens is 232 g/mol. The Morgan fingerprint density at radius 3 is 2.16 bits per heavy atom. The number of ketones is 1. The van der Waals surface area contributed by atoms with Crippen molar-refractivity contribution in [2.75, 3.05) is 0 Å². The lowest BCUT2D eigenvalue weighted by Crippen LogP contribution is -2.08. The Balaban J connectivity index is 2.96. The Kier molecular flexibility index (Phi) is 3.75. The lowest BCUT2D eigenvalue weighted by Gasteiger charge is -2.20. The van der Waals surface area contributed by atoms with Crippen molar-refractivity contribution in [2.24, 2.45) is 0 Å². The van der Waals surface area contributed by atoms with E-state index in [9.17, 15) is 4.79 Å². The van der Waals surface area contributed by atoms with Gasteiger partial charge in [-0.05, 0) is 40.7 Å². The topological polar surface area (TPSA) is 17.1 Å². The quantitative estimate of drug-likeness (QED) is 0.680. The monoisotopic (exact) mass is 254 g/mol. The third-order valence-corrected chi connectivity index (χ3v) is 3.67. The standard InChI is InChI=1S/C18H22O/c1-11(2)16-10-14-8-6-7-9-15(14)17(12(3)4)18(16)13(5)19/h6-12H,1-5H3. The summed E-state index contributed by atoms with van der Waals surface area (Å²) in [5.74, 6) is 0.890. The van der Waals surface area contributed by atoms with Gasteiger partial charge in [0.25, 0.3) is 0 Å². The van der Waals surface area contributed by atoms with E-state index in [0.29, 0.717) is 11.8 Å². The lowest BCUT2D eigenvalue weighted by atomic mass is 9.83. The number of rotatable bonds is 3. The molecule has 0 unspecified atom stereocenters. The largest absolute Gasteiger partial charge is 0.294 e. The molecule has 0 saturated carbocycles. The van der Waals surface area contributed by atoms with Crippen LogP contribution in [-0.2, 0) is 0 Å². The molecule has 2 aromatic rings. The number of Topliss-reactive ketones (excluding diaryl/α,β-unsaturated/α-hetero) is 1. The molecule has 0 heterocycles. The maximum Gasteiger partial charge on any atom is 0.160 e. The summed E-state index contributed by atoms with van der Waals surface area (Å²) in [6, 6.07) is 10.6. The van der Waals surface area contributed by atoms with Gasteiger partial charge in [-0.25, -0.2) is 0 Å². The molecule has 0 aliphatic rings. The second-order valence-corrected chi connectivity index (χ2v) is 5.84. The number of carbonyl (C=O) groups excluding carboxylic acids is 1. The number of benzene rings is 2. The molecule has 1 heteroatoms. The Bertz CT molecular complexity index is 621. The van der Waals surface area contributed by atoms with Crippen molar-refractivity contribution in [3.8, 4) is 0 Å². The van der Waals surface area contributed by atoms with Crippen LogP contribution in [0.4, 0.5) is 0 Å². The van der Waals surface area contributed by atoms with Crippen LogP contribution in [0.1, 0.15) is 67.9 Å². The molecule has 0 aliphatic heterocycles. The van der Waals surface area contributed by atoms with Gasteiger partial charge in [-0.3, -0.25) is 4.79 Å². The first kappa shape index (κ1) is 13.8. The zero-order valence-electron chi connectivity index (χ0n) is 12.4. The fourth-order valence-electron chi connectivity index (χ4n) is 2.85. The van der Waals surface area contributed by atoms with E-state index in [1.165, 1.54) is 21.9 Å². The maximum absolute atomic E-state index is 12.1. The van der Waals surface area contributed by atoms with Crippen LogP contribution in [0.2, 0.25) is 0 Å². The molecule has 0 radical (unpaired) electrons. The van der Waals surface area contributed by atoms with E-state index in [1.807, 2.05) is 6.07 Å². The Labute approximate surface area is 115 Å². The summed E-state index contributed by atoms with van der Waals surface area (Å²) in [6.07, 6.45) is 0. The van der Waals surface area contributed by atoms with Crippen LogP contribution >= 0.6 is 0 Å². The highest BCUT2D eigenvalue weighted by molar-refractivity contribution is 6.03. The zero-order chi connectivity index (χ0) is 14.2.